The molecule has 27 heavy (non-hydrogen) atoms. The van der Waals surface area contributed by atoms with Crippen LogP contribution in [0.15, 0.2) is 41.1 Å². The normalized spacial score (nSPS) is 11.8. The first-order valence-corrected chi connectivity index (χ1v) is 8.75. The summed E-state index contributed by atoms with van der Waals surface area (Å²) in [5.41, 5.74) is 2.56. The molecule has 0 aliphatic rings. The van der Waals surface area contributed by atoms with Gasteiger partial charge in [-0.25, -0.2) is 0 Å². The summed E-state index contributed by atoms with van der Waals surface area (Å²) >= 11 is 0. The zero-order valence-corrected chi connectivity index (χ0v) is 15.2. The van der Waals surface area contributed by atoms with Crippen molar-refractivity contribution in [3.8, 4) is 34.7 Å². The van der Waals surface area contributed by atoms with E-state index in [-0.39, 0.29) is 12.7 Å². The Hall–Kier alpha value is -3.24. The molecule has 1 atom stereocenters. The first-order valence-electron chi connectivity index (χ1n) is 8.75. The Bertz CT molecular complexity index is 962. The molecule has 138 valence electrons. The highest BCUT2D eigenvalue weighted by Gasteiger charge is 2.14. The molecule has 2 heterocycles. The summed E-state index contributed by atoms with van der Waals surface area (Å²) in [6.07, 6.45) is 2.98. The fourth-order valence-corrected chi connectivity index (χ4v) is 2.48. The lowest BCUT2D eigenvalue weighted by Gasteiger charge is -2.13. The Morgan fingerprint density at radius 1 is 1.26 bits per heavy atom. The first-order chi connectivity index (χ1) is 13.1. The van der Waals surface area contributed by atoms with Gasteiger partial charge in [-0.05, 0) is 43.7 Å². The van der Waals surface area contributed by atoms with Gasteiger partial charge in [-0.15, -0.1) is 0 Å². The molecule has 1 unspecified atom stereocenters. The highest BCUT2D eigenvalue weighted by atomic mass is 16.5. The number of benzene rings is 1. The van der Waals surface area contributed by atoms with Crippen LogP contribution >= 0.6 is 0 Å². The van der Waals surface area contributed by atoms with Gasteiger partial charge in [0.05, 0.1) is 11.7 Å². The summed E-state index contributed by atoms with van der Waals surface area (Å²) in [4.78, 5) is 8.60. The Balaban J connectivity index is 1.88. The Morgan fingerprint density at radius 2 is 2.11 bits per heavy atom. The topological polar surface area (TPSA) is 105 Å². The maximum atomic E-state index is 9.42. The first kappa shape index (κ1) is 18.5. The number of nitrogens with zero attached hydrogens (tertiary/aromatic N) is 4. The van der Waals surface area contributed by atoms with Crippen molar-refractivity contribution >= 4 is 0 Å². The van der Waals surface area contributed by atoms with Gasteiger partial charge < -0.3 is 14.4 Å². The molecule has 1 N–H and O–H groups in total. The molecule has 3 rings (SSSR count). The zero-order chi connectivity index (χ0) is 19.2. The SMILES string of the molecule is CCC(C)Oc1ccc(-c2nc(-c3ccnc(CCO)c3)no2)cc1C#N. The number of pyridine rings is 1. The number of nitriles is 1. The minimum absolute atomic E-state index is 0.0238. The van der Waals surface area contributed by atoms with Gasteiger partial charge in [0.15, 0.2) is 0 Å². The van der Waals surface area contributed by atoms with Crippen LogP contribution in [0.4, 0.5) is 0 Å². The molecule has 0 amide bonds. The molecule has 7 heteroatoms. The lowest BCUT2D eigenvalue weighted by atomic mass is 10.1. The second-order valence-corrected chi connectivity index (χ2v) is 6.09. The highest BCUT2D eigenvalue weighted by Crippen LogP contribution is 2.28. The van der Waals surface area contributed by atoms with E-state index in [1.54, 1.807) is 30.5 Å². The van der Waals surface area contributed by atoms with Crippen LogP contribution in [-0.2, 0) is 6.42 Å². The highest BCUT2D eigenvalue weighted by molar-refractivity contribution is 5.63. The van der Waals surface area contributed by atoms with Gasteiger partial charge in [0.1, 0.15) is 11.8 Å². The molecule has 0 aliphatic carbocycles. The van der Waals surface area contributed by atoms with Crippen LogP contribution in [0.5, 0.6) is 5.75 Å². The van der Waals surface area contributed by atoms with Gasteiger partial charge in [-0.1, -0.05) is 12.1 Å². The maximum Gasteiger partial charge on any atom is 0.258 e. The van der Waals surface area contributed by atoms with Gasteiger partial charge in [-0.3, -0.25) is 4.98 Å². The zero-order valence-electron chi connectivity index (χ0n) is 15.2. The number of ether oxygens (including phenoxy) is 1. The summed E-state index contributed by atoms with van der Waals surface area (Å²) in [7, 11) is 0. The van der Waals surface area contributed by atoms with Crippen molar-refractivity contribution in [2.45, 2.75) is 32.8 Å². The molecule has 0 radical (unpaired) electrons. The average Bonchev–Trinajstić information content (AvgIpc) is 3.19. The van der Waals surface area contributed by atoms with Gasteiger partial charge in [-0.2, -0.15) is 10.2 Å². The second-order valence-electron chi connectivity index (χ2n) is 6.09. The van der Waals surface area contributed by atoms with Crippen LogP contribution in [0.2, 0.25) is 0 Å². The van der Waals surface area contributed by atoms with Crippen molar-refractivity contribution in [2.75, 3.05) is 6.61 Å². The van der Waals surface area contributed by atoms with E-state index in [2.05, 4.69) is 21.2 Å². The van der Waals surface area contributed by atoms with Crippen LogP contribution in [0.25, 0.3) is 22.8 Å². The van der Waals surface area contributed by atoms with Crippen LogP contribution < -0.4 is 4.74 Å². The summed E-state index contributed by atoms with van der Waals surface area (Å²) in [5, 5.41) is 22.5. The Kier molecular flexibility index (Phi) is 5.79. The van der Waals surface area contributed by atoms with Crippen molar-refractivity contribution in [3.63, 3.8) is 0 Å². The van der Waals surface area contributed by atoms with Crippen LogP contribution in [0, 0.1) is 11.3 Å². The molecule has 0 spiro atoms. The van der Waals surface area contributed by atoms with Gasteiger partial charge in [0.25, 0.3) is 5.89 Å². The molecule has 1 aromatic carbocycles. The summed E-state index contributed by atoms with van der Waals surface area (Å²) < 4.78 is 11.1. The predicted molar refractivity (Wildman–Crippen MR) is 98.9 cm³/mol. The standard InChI is InChI=1S/C20H20N4O3/c1-3-13(2)26-18-5-4-15(10-16(18)12-21)20-23-19(24-27-20)14-6-8-22-17(11-14)7-9-25/h4-6,8,10-11,13,25H,3,7,9H2,1-2H3. The number of hydrogen-bond acceptors (Lipinski definition) is 7. The third kappa shape index (κ3) is 4.30. The van der Waals surface area contributed by atoms with E-state index in [0.29, 0.717) is 35.0 Å². The van der Waals surface area contributed by atoms with E-state index in [9.17, 15) is 5.26 Å². The number of rotatable bonds is 7. The van der Waals surface area contributed by atoms with Gasteiger partial charge in [0, 0.05) is 36.0 Å². The van der Waals surface area contributed by atoms with Crippen molar-refractivity contribution < 1.29 is 14.4 Å². The van der Waals surface area contributed by atoms with E-state index in [1.807, 2.05) is 19.9 Å². The summed E-state index contributed by atoms with van der Waals surface area (Å²) in [6, 6.07) is 11.0. The molecule has 3 aromatic rings. The third-order valence-electron chi connectivity index (χ3n) is 4.12. The van der Waals surface area contributed by atoms with Crippen molar-refractivity contribution in [3.05, 3.63) is 47.8 Å². The fourth-order valence-electron chi connectivity index (χ4n) is 2.48. The third-order valence-corrected chi connectivity index (χ3v) is 4.12. The van der Waals surface area contributed by atoms with Gasteiger partial charge >= 0.3 is 0 Å². The number of hydrogen-bond donors (Lipinski definition) is 1. The lowest BCUT2D eigenvalue weighted by molar-refractivity contribution is 0.217. The summed E-state index contributed by atoms with van der Waals surface area (Å²) in [6.45, 7) is 4.01. The molecular formula is C20H20N4O3. The predicted octanol–water partition coefficient (Wildman–Crippen LogP) is 3.38. The molecule has 0 saturated heterocycles. The van der Waals surface area contributed by atoms with E-state index < -0.39 is 0 Å². The van der Waals surface area contributed by atoms with E-state index in [1.165, 1.54) is 0 Å². The van der Waals surface area contributed by atoms with Crippen LogP contribution in [0.3, 0.4) is 0 Å². The van der Waals surface area contributed by atoms with E-state index >= 15 is 0 Å². The minimum Gasteiger partial charge on any atom is -0.489 e. The number of aliphatic hydroxyl groups excluding tert-OH is 1. The molecule has 7 nitrogen and oxygen atoms in total. The molecular weight excluding hydrogens is 344 g/mol. The largest absolute Gasteiger partial charge is 0.489 e. The molecule has 0 fully saturated rings. The van der Waals surface area contributed by atoms with Crippen LogP contribution in [0.1, 0.15) is 31.5 Å². The lowest BCUT2D eigenvalue weighted by Crippen LogP contribution is -2.10. The fraction of sp³-hybridized carbons (Fsp3) is 0.300. The smallest absolute Gasteiger partial charge is 0.258 e. The minimum atomic E-state index is 0.0238. The second kappa shape index (κ2) is 8.43. The molecule has 2 aromatic heterocycles. The average molecular weight is 364 g/mol. The maximum absolute atomic E-state index is 9.42. The van der Waals surface area contributed by atoms with Crippen molar-refractivity contribution in [2.24, 2.45) is 0 Å². The van der Waals surface area contributed by atoms with Gasteiger partial charge in [0.2, 0.25) is 5.82 Å². The number of aromatic nitrogens is 3. The quantitative estimate of drug-likeness (QED) is 0.685. The summed E-state index contributed by atoms with van der Waals surface area (Å²) in [5.74, 6) is 1.28. The Morgan fingerprint density at radius 3 is 2.85 bits per heavy atom. The number of aliphatic hydroxyl groups is 1. The molecule has 0 aliphatic heterocycles. The van der Waals surface area contributed by atoms with Crippen molar-refractivity contribution in [1.82, 2.24) is 15.1 Å². The van der Waals surface area contributed by atoms with E-state index in [0.717, 1.165) is 17.7 Å². The Labute approximate surface area is 157 Å². The van der Waals surface area contributed by atoms with E-state index in [4.69, 9.17) is 14.4 Å². The monoisotopic (exact) mass is 364 g/mol. The molecule has 0 saturated carbocycles. The molecule has 0 bridgehead atoms. The van der Waals surface area contributed by atoms with Crippen LogP contribution in [-0.4, -0.2) is 32.9 Å². The van der Waals surface area contributed by atoms with Crippen molar-refractivity contribution in [1.29, 1.82) is 5.26 Å².